The Hall–Kier alpha value is -5.56. The Bertz CT molecular complexity index is 1910. The van der Waals surface area contributed by atoms with Crippen molar-refractivity contribution >= 4 is 28.3 Å². The van der Waals surface area contributed by atoms with E-state index in [9.17, 15) is 4.79 Å². The van der Waals surface area contributed by atoms with Crippen LogP contribution in [0.2, 0.25) is 0 Å². The van der Waals surface area contributed by atoms with Crippen LogP contribution in [-0.4, -0.2) is 40.3 Å². The molecule has 6 rings (SSSR count). The second kappa shape index (κ2) is 9.72. The van der Waals surface area contributed by atoms with Crippen LogP contribution in [0.25, 0.3) is 27.7 Å². The summed E-state index contributed by atoms with van der Waals surface area (Å²) in [6.45, 7) is 1.92. The number of anilines is 1. The molecule has 0 radical (unpaired) electrons. The van der Waals surface area contributed by atoms with Crippen molar-refractivity contribution in [1.29, 1.82) is 0 Å². The lowest BCUT2D eigenvalue weighted by atomic mass is 9.92. The standard InChI is InChI=1S/C29H23N9O/c1-18(35-29(39)26-27(30)32-17-38-11-10-31-28(26)38)22-13-25-24(12-23(22)20-6-4-3-5-7-20)21(15-33-36-25)9-8-19-14-34-37(2)16-19/h3-7,10-18H,30H2,1-2H3,(H,35,39)/t18-/m1/s1. The maximum absolute atomic E-state index is 13.4. The number of fused-ring (bicyclic) bond motifs is 2. The molecule has 0 spiro atoms. The van der Waals surface area contributed by atoms with E-state index in [1.54, 1.807) is 33.9 Å². The molecule has 0 aliphatic rings. The zero-order chi connectivity index (χ0) is 26.9. The van der Waals surface area contributed by atoms with E-state index < -0.39 is 6.04 Å². The third kappa shape index (κ3) is 4.53. The predicted octanol–water partition coefficient (Wildman–Crippen LogP) is 3.55. The molecule has 0 saturated heterocycles. The molecule has 4 aromatic heterocycles. The van der Waals surface area contributed by atoms with Gasteiger partial charge in [-0.25, -0.2) is 9.97 Å². The smallest absolute Gasteiger partial charge is 0.259 e. The monoisotopic (exact) mass is 513 g/mol. The van der Waals surface area contributed by atoms with E-state index in [0.717, 1.165) is 33.2 Å². The third-order valence-electron chi connectivity index (χ3n) is 6.45. The second-order valence-electron chi connectivity index (χ2n) is 9.09. The number of amides is 1. The Balaban J connectivity index is 1.44. The van der Waals surface area contributed by atoms with Crippen LogP contribution >= 0.6 is 0 Å². The number of benzene rings is 2. The minimum Gasteiger partial charge on any atom is -0.383 e. The van der Waals surface area contributed by atoms with Crippen LogP contribution in [0.15, 0.2) is 79.8 Å². The van der Waals surface area contributed by atoms with Crippen molar-refractivity contribution in [2.45, 2.75) is 13.0 Å². The van der Waals surface area contributed by atoms with Crippen molar-refractivity contribution < 1.29 is 4.79 Å². The van der Waals surface area contributed by atoms with Crippen LogP contribution in [0.1, 0.15) is 40.0 Å². The Morgan fingerprint density at radius 3 is 2.74 bits per heavy atom. The van der Waals surface area contributed by atoms with Gasteiger partial charge in [0.1, 0.15) is 17.7 Å². The quantitative estimate of drug-likeness (QED) is 0.345. The molecule has 0 fully saturated rings. The van der Waals surface area contributed by atoms with Gasteiger partial charge in [-0.1, -0.05) is 42.2 Å². The Morgan fingerprint density at radius 2 is 1.95 bits per heavy atom. The molecule has 1 amide bonds. The van der Waals surface area contributed by atoms with E-state index in [1.807, 2.05) is 56.6 Å². The summed E-state index contributed by atoms with van der Waals surface area (Å²) in [6.07, 6.45) is 10.1. The Kier molecular flexibility index (Phi) is 5.93. The average Bonchev–Trinajstić information content (AvgIpc) is 3.60. The van der Waals surface area contributed by atoms with Gasteiger partial charge < -0.3 is 11.1 Å². The highest BCUT2D eigenvalue weighted by atomic mass is 16.1. The minimum atomic E-state index is -0.404. The van der Waals surface area contributed by atoms with Gasteiger partial charge in [0.05, 0.1) is 35.1 Å². The number of aromatic nitrogens is 7. The summed E-state index contributed by atoms with van der Waals surface area (Å²) in [5.41, 5.74) is 11.8. The first-order chi connectivity index (χ1) is 19.0. The largest absolute Gasteiger partial charge is 0.383 e. The number of carbonyl (C=O) groups excluding carboxylic acids is 1. The first kappa shape index (κ1) is 23.8. The van der Waals surface area contributed by atoms with Crippen LogP contribution < -0.4 is 11.1 Å². The minimum absolute atomic E-state index is 0.114. The molecule has 1 atom stereocenters. The van der Waals surface area contributed by atoms with Gasteiger partial charge in [-0.2, -0.15) is 15.3 Å². The zero-order valence-corrected chi connectivity index (χ0v) is 21.2. The van der Waals surface area contributed by atoms with Crippen molar-refractivity contribution in [3.8, 4) is 23.0 Å². The first-order valence-electron chi connectivity index (χ1n) is 12.2. The highest BCUT2D eigenvalue weighted by Crippen LogP contribution is 2.33. The number of nitrogens with one attached hydrogen (secondary N) is 1. The molecule has 4 heterocycles. The fraction of sp³-hybridized carbons (Fsp3) is 0.103. The maximum atomic E-state index is 13.4. The third-order valence-corrected chi connectivity index (χ3v) is 6.45. The molecule has 2 aromatic carbocycles. The molecular formula is C29H23N9O. The van der Waals surface area contributed by atoms with Crippen LogP contribution in [0, 0.1) is 11.8 Å². The molecule has 6 aromatic rings. The number of rotatable bonds is 4. The average molecular weight is 514 g/mol. The molecule has 10 heteroatoms. The highest BCUT2D eigenvalue weighted by Gasteiger charge is 2.22. The lowest BCUT2D eigenvalue weighted by Gasteiger charge is -2.20. The predicted molar refractivity (Wildman–Crippen MR) is 147 cm³/mol. The van der Waals surface area contributed by atoms with Gasteiger partial charge in [-0.15, -0.1) is 0 Å². The van der Waals surface area contributed by atoms with Gasteiger partial charge in [-0.3, -0.25) is 13.9 Å². The fourth-order valence-electron chi connectivity index (χ4n) is 4.54. The van der Waals surface area contributed by atoms with Crippen LogP contribution in [-0.2, 0) is 7.05 Å². The summed E-state index contributed by atoms with van der Waals surface area (Å²) in [5, 5.41) is 16.7. The van der Waals surface area contributed by atoms with Gasteiger partial charge in [0, 0.05) is 31.0 Å². The number of carbonyl (C=O) groups is 1. The maximum Gasteiger partial charge on any atom is 0.259 e. The van der Waals surface area contributed by atoms with Crippen molar-refractivity contribution in [2.24, 2.45) is 7.05 Å². The number of aryl methyl sites for hydroxylation is 1. The normalized spacial score (nSPS) is 11.7. The van der Waals surface area contributed by atoms with E-state index in [0.29, 0.717) is 11.2 Å². The molecule has 0 aliphatic heterocycles. The number of nitrogens with two attached hydrogens (primary N) is 1. The summed E-state index contributed by atoms with van der Waals surface area (Å²) < 4.78 is 3.37. The number of imidazole rings is 1. The van der Waals surface area contributed by atoms with Crippen LogP contribution in [0.5, 0.6) is 0 Å². The van der Waals surface area contributed by atoms with Gasteiger partial charge >= 0.3 is 0 Å². The molecule has 0 saturated carbocycles. The summed E-state index contributed by atoms with van der Waals surface area (Å²) in [6, 6.07) is 13.6. The second-order valence-corrected chi connectivity index (χ2v) is 9.09. The van der Waals surface area contributed by atoms with Crippen molar-refractivity contribution in [3.63, 3.8) is 0 Å². The summed E-state index contributed by atoms with van der Waals surface area (Å²) >= 11 is 0. The van der Waals surface area contributed by atoms with Crippen LogP contribution in [0.3, 0.4) is 0 Å². The number of nitrogens with zero attached hydrogens (tertiary/aromatic N) is 7. The summed E-state index contributed by atoms with van der Waals surface area (Å²) in [7, 11) is 1.85. The SMILES string of the molecule is C[C@@H](NC(=O)c1c(N)ncn2ccnc12)c1cc2nncc(C#Cc3cnn(C)c3)c2cc1-c1ccccc1. The molecule has 39 heavy (non-hydrogen) atoms. The van der Waals surface area contributed by atoms with E-state index in [-0.39, 0.29) is 17.3 Å². The molecule has 3 N–H and O–H groups in total. The van der Waals surface area contributed by atoms with Gasteiger partial charge in [0.2, 0.25) is 0 Å². The fourth-order valence-corrected chi connectivity index (χ4v) is 4.54. The lowest BCUT2D eigenvalue weighted by molar-refractivity contribution is 0.0941. The first-order valence-corrected chi connectivity index (χ1v) is 12.2. The number of hydrogen-bond donors (Lipinski definition) is 2. The molecular weight excluding hydrogens is 490 g/mol. The van der Waals surface area contributed by atoms with Crippen molar-refractivity contribution in [3.05, 3.63) is 102 Å². The molecule has 190 valence electrons. The van der Waals surface area contributed by atoms with Crippen molar-refractivity contribution in [1.82, 2.24) is 39.7 Å². The molecule has 0 aliphatic carbocycles. The number of nitrogen functional groups attached to an aromatic ring is 1. The molecule has 0 unspecified atom stereocenters. The summed E-state index contributed by atoms with van der Waals surface area (Å²) in [5.74, 6) is 6.11. The topological polar surface area (TPSA) is 129 Å². The molecule has 0 bridgehead atoms. The van der Waals surface area contributed by atoms with E-state index in [1.165, 1.54) is 6.33 Å². The zero-order valence-electron chi connectivity index (χ0n) is 21.2. The van der Waals surface area contributed by atoms with Gasteiger partial charge in [-0.05, 0) is 35.7 Å². The van der Waals surface area contributed by atoms with E-state index >= 15 is 0 Å². The van der Waals surface area contributed by atoms with Crippen molar-refractivity contribution in [2.75, 3.05) is 5.73 Å². The van der Waals surface area contributed by atoms with Gasteiger partial charge in [0.15, 0.2) is 5.65 Å². The number of hydrogen-bond acceptors (Lipinski definition) is 7. The van der Waals surface area contributed by atoms with Gasteiger partial charge in [0.25, 0.3) is 5.91 Å². The molecule has 10 nitrogen and oxygen atoms in total. The van der Waals surface area contributed by atoms with E-state index in [4.69, 9.17) is 5.73 Å². The van der Waals surface area contributed by atoms with Crippen LogP contribution in [0.4, 0.5) is 5.82 Å². The Labute approximate surface area is 223 Å². The summed E-state index contributed by atoms with van der Waals surface area (Å²) in [4.78, 5) is 21.8. The highest BCUT2D eigenvalue weighted by molar-refractivity contribution is 6.04. The Morgan fingerprint density at radius 1 is 1.10 bits per heavy atom. The lowest BCUT2D eigenvalue weighted by Crippen LogP contribution is -2.28. The van der Waals surface area contributed by atoms with E-state index in [2.05, 4.69) is 48.5 Å².